The summed E-state index contributed by atoms with van der Waals surface area (Å²) in [6.45, 7) is 3.95. The summed E-state index contributed by atoms with van der Waals surface area (Å²) in [5, 5.41) is 15.1. The number of carboxylic acid groups (broad SMARTS) is 1. The average molecular weight is 290 g/mol. The number of carbonyl (C=O) groups is 2. The summed E-state index contributed by atoms with van der Waals surface area (Å²) < 4.78 is 0. The molecule has 0 unspecified atom stereocenters. The van der Waals surface area contributed by atoms with Crippen LogP contribution in [-0.2, 0) is 9.59 Å². The SMILES string of the molecule is Cc1cccc(NC(=O)CNC2(C(=O)O)CCCC2)c1C. The number of carbonyl (C=O) groups excluding carboxylic acids is 1. The Kier molecular flexibility index (Phi) is 4.63. The first-order valence-electron chi connectivity index (χ1n) is 7.29. The number of carboxylic acids is 1. The van der Waals surface area contributed by atoms with Crippen molar-refractivity contribution in [2.45, 2.75) is 45.1 Å². The largest absolute Gasteiger partial charge is 0.480 e. The zero-order chi connectivity index (χ0) is 15.5. The quantitative estimate of drug-likeness (QED) is 0.777. The van der Waals surface area contributed by atoms with Crippen LogP contribution in [0.1, 0.15) is 36.8 Å². The lowest BCUT2D eigenvalue weighted by Gasteiger charge is -2.25. The topological polar surface area (TPSA) is 78.4 Å². The molecule has 0 saturated heterocycles. The molecule has 3 N–H and O–H groups in total. The lowest BCUT2D eigenvalue weighted by Crippen LogP contribution is -2.52. The highest BCUT2D eigenvalue weighted by molar-refractivity contribution is 5.93. The smallest absolute Gasteiger partial charge is 0.323 e. The number of rotatable bonds is 5. The Morgan fingerprint density at radius 3 is 2.52 bits per heavy atom. The molecule has 0 heterocycles. The molecule has 1 amide bonds. The van der Waals surface area contributed by atoms with Gasteiger partial charge in [-0.1, -0.05) is 25.0 Å². The molecule has 114 valence electrons. The molecular formula is C16H22N2O3. The van der Waals surface area contributed by atoms with Crippen molar-refractivity contribution in [3.05, 3.63) is 29.3 Å². The van der Waals surface area contributed by atoms with Crippen molar-refractivity contribution in [3.8, 4) is 0 Å². The maximum absolute atomic E-state index is 12.0. The van der Waals surface area contributed by atoms with E-state index in [9.17, 15) is 14.7 Å². The number of benzene rings is 1. The van der Waals surface area contributed by atoms with E-state index < -0.39 is 11.5 Å². The number of anilines is 1. The average Bonchev–Trinajstić information content (AvgIpc) is 2.92. The Balaban J connectivity index is 1.96. The van der Waals surface area contributed by atoms with E-state index in [4.69, 9.17) is 0 Å². The molecule has 0 aromatic heterocycles. The number of hydrogen-bond acceptors (Lipinski definition) is 3. The maximum atomic E-state index is 12.0. The first kappa shape index (κ1) is 15.5. The van der Waals surface area contributed by atoms with Crippen molar-refractivity contribution in [2.75, 3.05) is 11.9 Å². The van der Waals surface area contributed by atoms with Crippen LogP contribution in [0.3, 0.4) is 0 Å². The van der Waals surface area contributed by atoms with Crippen LogP contribution < -0.4 is 10.6 Å². The van der Waals surface area contributed by atoms with Gasteiger partial charge in [-0.25, -0.2) is 0 Å². The summed E-state index contributed by atoms with van der Waals surface area (Å²) in [4.78, 5) is 23.4. The molecule has 1 saturated carbocycles. The van der Waals surface area contributed by atoms with Crippen LogP contribution in [0.4, 0.5) is 5.69 Å². The molecule has 1 aromatic carbocycles. The van der Waals surface area contributed by atoms with Crippen LogP contribution in [-0.4, -0.2) is 29.1 Å². The van der Waals surface area contributed by atoms with Crippen LogP contribution in [0.5, 0.6) is 0 Å². The number of amides is 1. The van der Waals surface area contributed by atoms with Crippen molar-refractivity contribution in [1.82, 2.24) is 5.32 Å². The molecule has 0 spiro atoms. The normalized spacial score (nSPS) is 16.7. The second-order valence-corrected chi connectivity index (χ2v) is 5.74. The van der Waals surface area contributed by atoms with Gasteiger partial charge < -0.3 is 10.4 Å². The number of aryl methyl sites for hydroxylation is 1. The van der Waals surface area contributed by atoms with Crippen molar-refractivity contribution in [1.29, 1.82) is 0 Å². The first-order chi connectivity index (χ1) is 9.94. The summed E-state index contributed by atoms with van der Waals surface area (Å²) in [6.07, 6.45) is 2.94. The van der Waals surface area contributed by atoms with E-state index in [2.05, 4.69) is 10.6 Å². The van der Waals surface area contributed by atoms with Crippen molar-refractivity contribution < 1.29 is 14.7 Å². The standard InChI is InChI=1S/C16H22N2O3/c1-11-6-5-7-13(12(11)2)18-14(19)10-17-16(15(20)21)8-3-4-9-16/h5-7,17H,3-4,8-10H2,1-2H3,(H,18,19)(H,20,21). The zero-order valence-electron chi connectivity index (χ0n) is 12.5. The molecule has 0 aliphatic heterocycles. The van der Waals surface area contributed by atoms with Crippen LogP contribution in [0.15, 0.2) is 18.2 Å². The molecule has 1 aliphatic carbocycles. The van der Waals surface area contributed by atoms with Crippen molar-refractivity contribution in [2.24, 2.45) is 0 Å². The van der Waals surface area contributed by atoms with Crippen LogP contribution in [0, 0.1) is 13.8 Å². The summed E-state index contributed by atoms with van der Waals surface area (Å²) in [5.41, 5.74) is 1.98. The van der Waals surface area contributed by atoms with Gasteiger partial charge in [-0.2, -0.15) is 0 Å². The molecule has 1 aliphatic rings. The minimum atomic E-state index is -0.932. The Morgan fingerprint density at radius 1 is 1.24 bits per heavy atom. The van der Waals surface area contributed by atoms with E-state index in [1.807, 2.05) is 32.0 Å². The predicted octanol–water partition coefficient (Wildman–Crippen LogP) is 2.23. The molecule has 5 heteroatoms. The van der Waals surface area contributed by atoms with Crippen LogP contribution in [0.2, 0.25) is 0 Å². The molecular weight excluding hydrogens is 268 g/mol. The molecule has 0 bridgehead atoms. The Bertz CT molecular complexity index is 548. The Labute approximate surface area is 124 Å². The highest BCUT2D eigenvalue weighted by Crippen LogP contribution is 2.29. The molecule has 1 fully saturated rings. The number of hydrogen-bond donors (Lipinski definition) is 3. The summed E-state index contributed by atoms with van der Waals surface area (Å²) in [6, 6.07) is 5.73. The molecule has 0 radical (unpaired) electrons. The van der Waals surface area contributed by atoms with Gasteiger partial charge in [0.25, 0.3) is 0 Å². The monoisotopic (exact) mass is 290 g/mol. The van der Waals surface area contributed by atoms with E-state index in [-0.39, 0.29) is 12.5 Å². The van der Waals surface area contributed by atoms with Crippen LogP contribution >= 0.6 is 0 Å². The minimum Gasteiger partial charge on any atom is -0.480 e. The van der Waals surface area contributed by atoms with Gasteiger partial charge in [0.15, 0.2) is 0 Å². The molecule has 5 nitrogen and oxygen atoms in total. The second kappa shape index (κ2) is 6.26. The highest BCUT2D eigenvalue weighted by Gasteiger charge is 2.41. The number of aliphatic carboxylic acids is 1. The van der Waals surface area contributed by atoms with Gasteiger partial charge in [0.2, 0.25) is 5.91 Å². The van der Waals surface area contributed by atoms with E-state index in [0.717, 1.165) is 29.7 Å². The fraction of sp³-hybridized carbons (Fsp3) is 0.500. The first-order valence-corrected chi connectivity index (χ1v) is 7.29. The molecule has 21 heavy (non-hydrogen) atoms. The fourth-order valence-electron chi connectivity index (χ4n) is 2.78. The maximum Gasteiger partial charge on any atom is 0.323 e. The summed E-state index contributed by atoms with van der Waals surface area (Å²) in [7, 11) is 0. The summed E-state index contributed by atoms with van der Waals surface area (Å²) in [5.74, 6) is -1.07. The third kappa shape index (κ3) is 3.42. The minimum absolute atomic E-state index is 0.0136. The Hall–Kier alpha value is -1.88. The van der Waals surface area contributed by atoms with Crippen molar-refractivity contribution in [3.63, 3.8) is 0 Å². The van der Waals surface area contributed by atoms with E-state index in [1.54, 1.807) is 0 Å². The molecule has 0 atom stereocenters. The zero-order valence-corrected chi connectivity index (χ0v) is 12.5. The van der Waals surface area contributed by atoms with Crippen molar-refractivity contribution >= 4 is 17.6 Å². The van der Waals surface area contributed by atoms with Gasteiger partial charge in [-0.05, 0) is 43.9 Å². The third-order valence-corrected chi connectivity index (χ3v) is 4.33. The van der Waals surface area contributed by atoms with E-state index >= 15 is 0 Å². The predicted molar refractivity (Wildman–Crippen MR) is 81.4 cm³/mol. The molecule has 1 aromatic rings. The van der Waals surface area contributed by atoms with Gasteiger partial charge in [0.05, 0.1) is 6.54 Å². The summed E-state index contributed by atoms with van der Waals surface area (Å²) >= 11 is 0. The fourth-order valence-corrected chi connectivity index (χ4v) is 2.78. The lowest BCUT2D eigenvalue weighted by atomic mass is 9.98. The van der Waals surface area contributed by atoms with Gasteiger partial charge in [0, 0.05) is 5.69 Å². The lowest BCUT2D eigenvalue weighted by molar-refractivity contribution is -0.144. The van der Waals surface area contributed by atoms with E-state index in [0.29, 0.717) is 12.8 Å². The number of nitrogens with one attached hydrogen (secondary N) is 2. The Morgan fingerprint density at radius 2 is 1.90 bits per heavy atom. The van der Waals surface area contributed by atoms with Gasteiger partial charge >= 0.3 is 5.97 Å². The third-order valence-electron chi connectivity index (χ3n) is 4.33. The van der Waals surface area contributed by atoms with Gasteiger partial charge in [0.1, 0.15) is 5.54 Å². The van der Waals surface area contributed by atoms with E-state index in [1.165, 1.54) is 0 Å². The second-order valence-electron chi connectivity index (χ2n) is 5.74. The molecule has 2 rings (SSSR count). The highest BCUT2D eigenvalue weighted by atomic mass is 16.4. The van der Waals surface area contributed by atoms with Crippen LogP contribution in [0.25, 0.3) is 0 Å². The van der Waals surface area contributed by atoms with Gasteiger partial charge in [-0.15, -0.1) is 0 Å². The van der Waals surface area contributed by atoms with Gasteiger partial charge in [-0.3, -0.25) is 14.9 Å².